The Labute approximate surface area is 360 Å². The van der Waals surface area contributed by atoms with E-state index in [0.29, 0.717) is 0 Å². The van der Waals surface area contributed by atoms with E-state index >= 15 is 0 Å². The van der Waals surface area contributed by atoms with E-state index in [-0.39, 0.29) is 0 Å². The molecule has 62 heavy (non-hydrogen) atoms. The quantitative estimate of drug-likeness (QED) is 0.158. The summed E-state index contributed by atoms with van der Waals surface area (Å²) in [6, 6.07) is 85.2. The third kappa shape index (κ3) is 6.10. The van der Waals surface area contributed by atoms with Crippen LogP contribution in [0.5, 0.6) is 0 Å². The molecule has 12 rings (SSSR count). The van der Waals surface area contributed by atoms with Gasteiger partial charge in [0, 0.05) is 32.8 Å². The van der Waals surface area contributed by atoms with Crippen LogP contribution in [0.15, 0.2) is 237 Å². The summed E-state index contributed by atoms with van der Waals surface area (Å²) in [4.78, 5) is 5.38. The van der Waals surface area contributed by atoms with Gasteiger partial charge in [-0.2, -0.15) is 0 Å². The predicted octanol–water partition coefficient (Wildman–Crippen LogP) is 15.6. The van der Waals surface area contributed by atoms with Crippen LogP contribution in [-0.2, 0) is 0 Å². The van der Waals surface area contributed by atoms with Crippen molar-refractivity contribution in [2.24, 2.45) is 0 Å². The lowest BCUT2D eigenvalue weighted by atomic mass is 10.00. The maximum absolute atomic E-state index is 5.38. The smallest absolute Gasteiger partial charge is 0.138 e. The van der Waals surface area contributed by atoms with Crippen molar-refractivity contribution in [3.8, 4) is 67.3 Å². The molecule has 0 fully saturated rings. The molecule has 3 aromatic heterocycles. The molecule has 0 spiro atoms. The zero-order valence-corrected chi connectivity index (χ0v) is 33.9. The fourth-order valence-corrected chi connectivity index (χ4v) is 9.30. The second-order valence-corrected chi connectivity index (χ2v) is 16.0. The van der Waals surface area contributed by atoms with Crippen LogP contribution in [0.1, 0.15) is 0 Å². The Hall–Kier alpha value is -8.27. The minimum absolute atomic E-state index is 0.891. The first-order valence-electron chi connectivity index (χ1n) is 21.2. The summed E-state index contributed by atoms with van der Waals surface area (Å²) in [6.45, 7) is 0. The number of pyridine rings is 1. The summed E-state index contributed by atoms with van der Waals surface area (Å²) in [7, 11) is 0. The molecule has 0 aliphatic rings. The number of hydrogen-bond acceptors (Lipinski definition) is 1. The van der Waals surface area contributed by atoms with Gasteiger partial charge in [-0.15, -0.1) is 0 Å². The van der Waals surface area contributed by atoms with E-state index in [1.807, 2.05) is 0 Å². The van der Waals surface area contributed by atoms with Crippen molar-refractivity contribution in [1.82, 2.24) is 14.1 Å². The number of fused-ring (bicyclic) bond motifs is 6. The lowest BCUT2D eigenvalue weighted by molar-refractivity contribution is 1.08. The van der Waals surface area contributed by atoms with Gasteiger partial charge in [0.05, 0.1) is 27.8 Å². The number of benzene rings is 9. The summed E-state index contributed by atoms with van der Waals surface area (Å²) < 4.78 is 4.74. The van der Waals surface area contributed by atoms with Crippen LogP contribution in [0.3, 0.4) is 0 Å². The third-order valence-corrected chi connectivity index (χ3v) is 12.3. The second kappa shape index (κ2) is 14.8. The lowest BCUT2D eigenvalue weighted by Gasteiger charge is -2.13. The van der Waals surface area contributed by atoms with Crippen LogP contribution in [0.25, 0.3) is 111 Å². The maximum Gasteiger partial charge on any atom is 0.138 e. The van der Waals surface area contributed by atoms with Crippen molar-refractivity contribution in [3.05, 3.63) is 237 Å². The van der Waals surface area contributed by atoms with Crippen molar-refractivity contribution >= 4 is 43.6 Å². The highest BCUT2D eigenvalue weighted by atomic mass is 15.1. The maximum atomic E-state index is 5.38. The van der Waals surface area contributed by atoms with E-state index in [0.717, 1.165) is 50.5 Å². The summed E-state index contributed by atoms with van der Waals surface area (Å²) in [6.07, 6.45) is 0. The van der Waals surface area contributed by atoms with Crippen LogP contribution in [0.2, 0.25) is 0 Å². The molecule has 0 saturated carbocycles. The number of para-hydroxylation sites is 2. The molecule has 3 nitrogen and oxygen atoms in total. The highest BCUT2D eigenvalue weighted by molar-refractivity contribution is 6.12. The summed E-state index contributed by atoms with van der Waals surface area (Å²) in [5.41, 5.74) is 17.3. The molecule has 0 bridgehead atoms. The van der Waals surface area contributed by atoms with E-state index < -0.39 is 0 Å². The normalized spacial score (nSPS) is 11.5. The Bertz CT molecular complexity index is 3520. The molecule has 0 amide bonds. The van der Waals surface area contributed by atoms with Gasteiger partial charge in [-0.1, -0.05) is 182 Å². The molecule has 0 saturated heterocycles. The monoisotopic (exact) mass is 789 g/mol. The fourth-order valence-electron chi connectivity index (χ4n) is 9.30. The van der Waals surface area contributed by atoms with Crippen molar-refractivity contribution in [2.75, 3.05) is 0 Å². The van der Waals surface area contributed by atoms with Crippen molar-refractivity contribution in [2.45, 2.75) is 0 Å². The molecule has 0 aliphatic heterocycles. The minimum Gasteiger partial charge on any atom is -0.309 e. The largest absolute Gasteiger partial charge is 0.309 e. The molecule has 9 aromatic carbocycles. The molecule has 3 heteroatoms. The van der Waals surface area contributed by atoms with Crippen LogP contribution < -0.4 is 0 Å². The average Bonchev–Trinajstić information content (AvgIpc) is 3.87. The molecule has 3 heterocycles. The van der Waals surface area contributed by atoms with Gasteiger partial charge in [-0.3, -0.25) is 4.57 Å². The van der Waals surface area contributed by atoms with Gasteiger partial charge in [0.2, 0.25) is 0 Å². The van der Waals surface area contributed by atoms with Crippen LogP contribution in [0.4, 0.5) is 0 Å². The third-order valence-electron chi connectivity index (χ3n) is 12.3. The molecule has 0 aliphatic carbocycles. The molecule has 0 N–H and O–H groups in total. The van der Waals surface area contributed by atoms with Gasteiger partial charge in [0.1, 0.15) is 5.82 Å². The predicted molar refractivity (Wildman–Crippen MR) is 260 cm³/mol. The van der Waals surface area contributed by atoms with E-state index in [9.17, 15) is 0 Å². The number of rotatable bonds is 7. The summed E-state index contributed by atoms with van der Waals surface area (Å²) >= 11 is 0. The SMILES string of the molecule is c1ccc(-c2ccc(-c3ccc(-n4c5ccccc5c5cc(-c6ccc7c8ccccc8n(-c8cc(-c9ccccc9)cc(-c9ccccc9)n8)c7c6)ccc54)cc3)cc2)cc1. The zero-order chi connectivity index (χ0) is 41.0. The zero-order valence-electron chi connectivity index (χ0n) is 33.9. The Morgan fingerprint density at radius 1 is 0.242 bits per heavy atom. The molecule has 12 aromatic rings. The molecular weight excluding hydrogens is 751 g/mol. The molecular formula is C59H39N3. The number of aromatic nitrogens is 3. The highest BCUT2D eigenvalue weighted by Gasteiger charge is 2.18. The molecule has 290 valence electrons. The first-order chi connectivity index (χ1) is 30.7. The van der Waals surface area contributed by atoms with Gasteiger partial charge in [-0.05, 0) is 99.1 Å². The lowest BCUT2D eigenvalue weighted by Crippen LogP contribution is -2.00. The van der Waals surface area contributed by atoms with E-state index in [1.54, 1.807) is 0 Å². The highest BCUT2D eigenvalue weighted by Crippen LogP contribution is 2.39. The van der Waals surface area contributed by atoms with Gasteiger partial charge < -0.3 is 4.57 Å². The first-order valence-corrected chi connectivity index (χ1v) is 21.2. The van der Waals surface area contributed by atoms with Crippen molar-refractivity contribution < 1.29 is 0 Å². The van der Waals surface area contributed by atoms with Gasteiger partial charge in [0.25, 0.3) is 0 Å². The van der Waals surface area contributed by atoms with Gasteiger partial charge in [-0.25, -0.2) is 4.98 Å². The molecule has 0 atom stereocenters. The minimum atomic E-state index is 0.891. The average molecular weight is 790 g/mol. The Morgan fingerprint density at radius 3 is 1.32 bits per heavy atom. The topological polar surface area (TPSA) is 22.8 Å². The van der Waals surface area contributed by atoms with E-state index in [1.165, 1.54) is 60.4 Å². The van der Waals surface area contributed by atoms with Crippen molar-refractivity contribution in [1.29, 1.82) is 0 Å². The molecule has 0 unspecified atom stereocenters. The summed E-state index contributed by atoms with van der Waals surface area (Å²) in [5, 5.41) is 4.86. The van der Waals surface area contributed by atoms with Gasteiger partial charge >= 0.3 is 0 Å². The van der Waals surface area contributed by atoms with Crippen LogP contribution >= 0.6 is 0 Å². The van der Waals surface area contributed by atoms with E-state index in [4.69, 9.17) is 4.98 Å². The number of nitrogens with zero attached hydrogens (tertiary/aromatic N) is 3. The second-order valence-electron chi connectivity index (χ2n) is 16.0. The van der Waals surface area contributed by atoms with Crippen molar-refractivity contribution in [3.63, 3.8) is 0 Å². The Kier molecular flexibility index (Phi) is 8.50. The van der Waals surface area contributed by atoms with Crippen LogP contribution in [0, 0.1) is 0 Å². The molecule has 0 radical (unpaired) electrons. The fraction of sp³-hybridized carbons (Fsp3) is 0. The Balaban J connectivity index is 0.967. The summed E-state index contributed by atoms with van der Waals surface area (Å²) in [5.74, 6) is 0.891. The van der Waals surface area contributed by atoms with Gasteiger partial charge in [0.15, 0.2) is 0 Å². The Morgan fingerprint density at radius 2 is 0.677 bits per heavy atom. The first kappa shape index (κ1) is 35.7. The number of hydrogen-bond donors (Lipinski definition) is 0. The van der Waals surface area contributed by atoms with E-state index in [2.05, 4.69) is 246 Å². The standard InChI is InChI=1S/C59H39N3/c1-4-14-40(15-5-1)42-24-26-43(27-25-42)44-28-32-49(33-29-44)61-55-22-12-11-21-51(55)53-36-46(31-35-57(53)61)47-30-34-52-50-20-10-13-23-56(50)62(58(52)38-47)59-39-48(41-16-6-2-7-17-41)37-54(60-59)45-18-8-3-9-19-45/h1-39H. The van der Waals surface area contributed by atoms with Crippen LogP contribution in [-0.4, -0.2) is 14.1 Å².